The van der Waals surface area contributed by atoms with Gasteiger partial charge in [-0.1, -0.05) is 33.1 Å². The number of hydrogen-bond acceptors (Lipinski definition) is 1. The molecule has 1 N–H and O–H groups in total. The molecule has 0 saturated carbocycles. The van der Waals surface area contributed by atoms with Gasteiger partial charge in [0.05, 0.1) is 6.10 Å². The van der Waals surface area contributed by atoms with Crippen LogP contribution in [0.2, 0.25) is 0 Å². The van der Waals surface area contributed by atoms with Crippen molar-refractivity contribution in [2.45, 2.75) is 52.1 Å². The lowest BCUT2D eigenvalue weighted by Gasteiger charge is -2.04. The van der Waals surface area contributed by atoms with Gasteiger partial charge >= 0.3 is 0 Å². The molecule has 0 bridgehead atoms. The zero-order chi connectivity index (χ0) is 7.11. The van der Waals surface area contributed by atoms with Gasteiger partial charge in [-0.25, -0.2) is 0 Å². The molecule has 1 unspecified atom stereocenters. The van der Waals surface area contributed by atoms with Crippen molar-refractivity contribution >= 4 is 17.4 Å². The topological polar surface area (TPSA) is 20.2 Å². The zero-order valence-electron chi connectivity index (χ0n) is 6.56. The van der Waals surface area contributed by atoms with E-state index in [4.69, 9.17) is 5.11 Å². The Morgan fingerprint density at radius 1 is 1.20 bits per heavy atom. The van der Waals surface area contributed by atoms with Crippen LogP contribution in [0.4, 0.5) is 0 Å². The normalized spacial score (nSPS) is 12.3. The van der Waals surface area contributed by atoms with Crippen LogP contribution in [0.3, 0.4) is 0 Å². The first-order valence-electron chi connectivity index (χ1n) is 3.99. The predicted molar refractivity (Wildman–Crippen MR) is 50.4 cm³/mol. The third kappa shape index (κ3) is 8.49. The maximum absolute atomic E-state index is 9.08. The van der Waals surface area contributed by atoms with Crippen molar-refractivity contribution in [1.29, 1.82) is 0 Å². The van der Waals surface area contributed by atoms with Crippen molar-refractivity contribution in [2.75, 3.05) is 0 Å². The van der Waals surface area contributed by atoms with Crippen LogP contribution in [-0.2, 0) is 0 Å². The van der Waals surface area contributed by atoms with Crippen LogP contribution in [-0.4, -0.2) is 28.6 Å². The van der Waals surface area contributed by atoms with E-state index in [1.807, 2.05) is 6.92 Å². The molecule has 0 fully saturated rings. The molecule has 0 heterocycles. The Hall–Kier alpha value is 0.492. The minimum Gasteiger partial charge on any atom is -0.393 e. The van der Waals surface area contributed by atoms with Gasteiger partial charge in [0.1, 0.15) is 0 Å². The Bertz CT molecular complexity index is 57.2. The molecule has 0 saturated heterocycles. The van der Waals surface area contributed by atoms with Gasteiger partial charge in [0, 0.05) is 0 Å². The molecule has 0 aromatic rings. The average molecular weight is 160 g/mol. The minimum atomic E-state index is -0.0449. The highest BCUT2D eigenvalue weighted by Crippen LogP contribution is 2.04. The van der Waals surface area contributed by atoms with Gasteiger partial charge in [-0.15, -0.1) is 0 Å². The smallest absolute Gasteiger partial charge is 0.187 e. The van der Waals surface area contributed by atoms with Gasteiger partial charge in [-0.3, -0.25) is 0 Å². The Morgan fingerprint density at radius 3 is 2.20 bits per heavy atom. The highest BCUT2D eigenvalue weighted by molar-refractivity contribution is 5.75. The molecule has 0 aliphatic rings. The van der Waals surface area contributed by atoms with Gasteiger partial charge in [0.2, 0.25) is 0 Å². The van der Waals surface area contributed by atoms with E-state index in [0.717, 1.165) is 12.8 Å². The van der Waals surface area contributed by atoms with E-state index in [0.29, 0.717) is 0 Å². The lowest BCUT2D eigenvalue weighted by Crippen LogP contribution is -2.02. The van der Waals surface area contributed by atoms with Crippen molar-refractivity contribution in [3.8, 4) is 0 Å². The summed E-state index contributed by atoms with van der Waals surface area (Å²) in [5, 5.41) is 9.08. The molecule has 0 rings (SSSR count). The molecule has 0 amide bonds. The molecule has 0 aliphatic heterocycles. The highest BCUT2D eigenvalue weighted by Gasteiger charge is 1.97. The van der Waals surface area contributed by atoms with E-state index in [2.05, 4.69) is 6.92 Å². The SMILES string of the molecule is CCCCCC(O)CC.[AlH3]. The third-order valence-electron chi connectivity index (χ3n) is 1.61. The number of aliphatic hydroxyl groups excluding tert-OH is 1. The largest absolute Gasteiger partial charge is 0.393 e. The van der Waals surface area contributed by atoms with Crippen LogP contribution < -0.4 is 0 Å². The second-order valence-corrected chi connectivity index (χ2v) is 2.56. The lowest BCUT2D eigenvalue weighted by molar-refractivity contribution is 0.156. The molecular weight excluding hydrogens is 139 g/mol. The Morgan fingerprint density at radius 2 is 1.80 bits per heavy atom. The molecule has 0 radical (unpaired) electrons. The van der Waals surface area contributed by atoms with Crippen molar-refractivity contribution in [2.24, 2.45) is 0 Å². The Labute approximate surface area is 75.0 Å². The molecule has 10 heavy (non-hydrogen) atoms. The van der Waals surface area contributed by atoms with Crippen LogP contribution in [0.15, 0.2) is 0 Å². The van der Waals surface area contributed by atoms with Crippen LogP contribution in [0.25, 0.3) is 0 Å². The molecule has 0 aromatic heterocycles. The number of hydrogen-bond donors (Lipinski definition) is 1. The summed E-state index contributed by atoms with van der Waals surface area (Å²) < 4.78 is 0. The Kier molecular flexibility index (Phi) is 12.4. The van der Waals surface area contributed by atoms with Crippen LogP contribution in [0.1, 0.15) is 46.0 Å². The highest BCUT2D eigenvalue weighted by atomic mass is 27.0. The summed E-state index contributed by atoms with van der Waals surface area (Å²) in [7, 11) is 0. The standard InChI is InChI=1S/C8H18O.Al.3H/c1-3-5-6-7-8(9)4-2;;;;/h8-9H,3-7H2,1-2H3;;;;. The van der Waals surface area contributed by atoms with Crippen LogP contribution in [0.5, 0.6) is 0 Å². The van der Waals surface area contributed by atoms with Gasteiger partial charge < -0.3 is 5.11 Å². The maximum atomic E-state index is 9.08. The summed E-state index contributed by atoms with van der Waals surface area (Å²) >= 11 is 0. The summed E-state index contributed by atoms with van der Waals surface area (Å²) in [6.07, 6.45) is 5.55. The van der Waals surface area contributed by atoms with E-state index in [-0.39, 0.29) is 23.5 Å². The van der Waals surface area contributed by atoms with Crippen molar-refractivity contribution in [3.63, 3.8) is 0 Å². The molecule has 0 aliphatic carbocycles. The number of rotatable bonds is 5. The van der Waals surface area contributed by atoms with Crippen LogP contribution >= 0.6 is 0 Å². The molecule has 1 atom stereocenters. The number of unbranched alkanes of at least 4 members (excludes halogenated alkanes) is 2. The van der Waals surface area contributed by atoms with Crippen molar-refractivity contribution in [1.82, 2.24) is 0 Å². The monoisotopic (exact) mass is 160 g/mol. The van der Waals surface area contributed by atoms with Gasteiger partial charge in [-0.2, -0.15) is 0 Å². The fraction of sp³-hybridized carbons (Fsp3) is 1.00. The quantitative estimate of drug-likeness (QED) is 0.472. The van der Waals surface area contributed by atoms with E-state index < -0.39 is 0 Å². The van der Waals surface area contributed by atoms with Crippen molar-refractivity contribution < 1.29 is 5.11 Å². The second-order valence-electron chi connectivity index (χ2n) is 2.56. The van der Waals surface area contributed by atoms with E-state index in [9.17, 15) is 0 Å². The minimum absolute atomic E-state index is 0. The van der Waals surface area contributed by atoms with E-state index in [1.54, 1.807) is 0 Å². The molecule has 1 nitrogen and oxygen atoms in total. The number of aliphatic hydroxyl groups is 1. The summed E-state index contributed by atoms with van der Waals surface area (Å²) in [5.41, 5.74) is 0. The van der Waals surface area contributed by atoms with Gasteiger partial charge in [-0.05, 0) is 12.8 Å². The summed E-state index contributed by atoms with van der Waals surface area (Å²) in [6, 6.07) is 0. The van der Waals surface area contributed by atoms with Gasteiger partial charge in [0.15, 0.2) is 17.4 Å². The Balaban J connectivity index is 0. The van der Waals surface area contributed by atoms with E-state index in [1.165, 1.54) is 19.3 Å². The fourth-order valence-corrected chi connectivity index (χ4v) is 0.834. The first kappa shape index (κ1) is 13.1. The van der Waals surface area contributed by atoms with Crippen LogP contribution in [0, 0.1) is 0 Å². The first-order chi connectivity index (χ1) is 4.31. The first-order valence-corrected chi connectivity index (χ1v) is 3.99. The average Bonchev–Trinajstić information content (AvgIpc) is 1.89. The molecule has 62 valence electrons. The maximum Gasteiger partial charge on any atom is 0.187 e. The summed E-state index contributed by atoms with van der Waals surface area (Å²) in [5.74, 6) is 0. The third-order valence-corrected chi connectivity index (χ3v) is 1.61. The fourth-order valence-electron chi connectivity index (χ4n) is 0.834. The van der Waals surface area contributed by atoms with E-state index >= 15 is 0 Å². The zero-order valence-corrected chi connectivity index (χ0v) is 6.56. The molecule has 2 heteroatoms. The second kappa shape index (κ2) is 9.49. The lowest BCUT2D eigenvalue weighted by atomic mass is 10.1. The molecular formula is C8H21AlO. The van der Waals surface area contributed by atoms with Gasteiger partial charge in [0.25, 0.3) is 0 Å². The summed E-state index contributed by atoms with van der Waals surface area (Å²) in [6.45, 7) is 4.20. The predicted octanol–water partition coefficient (Wildman–Crippen LogP) is 1.15. The molecule has 0 spiro atoms. The van der Waals surface area contributed by atoms with Crippen molar-refractivity contribution in [3.05, 3.63) is 0 Å². The molecule has 0 aromatic carbocycles. The summed E-state index contributed by atoms with van der Waals surface area (Å²) in [4.78, 5) is 0.